The molecular weight excluding hydrogens is 503 g/mol. The van der Waals surface area contributed by atoms with Crippen molar-refractivity contribution in [2.45, 2.75) is 4.87 Å². The summed E-state index contributed by atoms with van der Waals surface area (Å²) >= 11 is 20.0. The van der Waals surface area contributed by atoms with Gasteiger partial charge in [-0.25, -0.2) is 4.98 Å². The number of nitrogens with zero attached hydrogens (tertiary/aromatic N) is 4. The van der Waals surface area contributed by atoms with E-state index >= 15 is 0 Å². The van der Waals surface area contributed by atoms with Gasteiger partial charge in [-0.05, 0) is 47.5 Å². The Morgan fingerprint density at radius 2 is 1.66 bits per heavy atom. The zero-order chi connectivity index (χ0) is 24.7. The zero-order valence-electron chi connectivity index (χ0n) is 19.0. The van der Waals surface area contributed by atoms with Crippen LogP contribution in [0.15, 0.2) is 84.2 Å². The lowest BCUT2D eigenvalue weighted by atomic mass is 9.85. The maximum absolute atomic E-state index is 12.7. The minimum Gasteiger partial charge on any atom is -0.336 e. The average Bonchev–Trinajstić information content (AvgIpc) is 3.25. The maximum Gasteiger partial charge on any atom is 0.248 e. The number of alkyl halides is 1. The first-order valence-electron chi connectivity index (χ1n) is 10.9. The second-order valence-corrected chi connectivity index (χ2v) is 9.85. The third kappa shape index (κ3) is 4.14. The molecule has 1 aliphatic heterocycles. The molecule has 2 heterocycles. The van der Waals surface area contributed by atoms with Crippen molar-refractivity contribution in [3.05, 3.63) is 117 Å². The molecule has 1 unspecified atom stereocenters. The molecule has 5 rings (SSSR count). The summed E-state index contributed by atoms with van der Waals surface area (Å²) in [7, 11) is 3.66. The Morgan fingerprint density at radius 1 is 0.914 bits per heavy atom. The highest BCUT2D eigenvalue weighted by molar-refractivity contribution is 6.32. The highest BCUT2D eigenvalue weighted by Crippen LogP contribution is 2.44. The highest BCUT2D eigenvalue weighted by atomic mass is 35.5. The fraction of sp³-hybridized carbons (Fsp3) is 0.148. The van der Waals surface area contributed by atoms with Crippen LogP contribution in [0.3, 0.4) is 0 Å². The van der Waals surface area contributed by atoms with Crippen LogP contribution in [-0.2, 0) is 16.7 Å². The minimum atomic E-state index is -1.07. The molecule has 0 saturated carbocycles. The normalized spacial score (nSPS) is 15.3. The summed E-state index contributed by atoms with van der Waals surface area (Å²) in [6.07, 6.45) is 3.48. The molecule has 5 nitrogen and oxygen atoms in total. The maximum atomic E-state index is 12.7. The third-order valence-corrected chi connectivity index (χ3v) is 7.38. The van der Waals surface area contributed by atoms with Gasteiger partial charge < -0.3 is 9.47 Å². The number of fused-ring (bicyclic) bond motifs is 1. The minimum absolute atomic E-state index is 0.0350. The van der Waals surface area contributed by atoms with Crippen molar-refractivity contribution in [3.8, 4) is 0 Å². The van der Waals surface area contributed by atoms with E-state index < -0.39 is 4.87 Å². The Morgan fingerprint density at radius 3 is 2.34 bits per heavy atom. The molecule has 0 radical (unpaired) electrons. The number of aromatic nitrogens is 2. The number of benzodiazepines with no additional fused rings is 1. The number of carbonyl (C=O) groups is 1. The summed E-state index contributed by atoms with van der Waals surface area (Å²) < 4.78 is 1.90. The molecule has 0 bridgehead atoms. The Labute approximate surface area is 218 Å². The number of rotatable bonds is 4. The van der Waals surface area contributed by atoms with Crippen LogP contribution >= 0.6 is 34.8 Å². The molecule has 1 aromatic heterocycles. The zero-order valence-corrected chi connectivity index (χ0v) is 21.3. The first-order valence-corrected chi connectivity index (χ1v) is 12.1. The molecule has 1 aliphatic rings. The van der Waals surface area contributed by atoms with Crippen molar-refractivity contribution in [2.24, 2.45) is 12.0 Å². The molecule has 8 heteroatoms. The fourth-order valence-electron chi connectivity index (χ4n) is 4.42. The molecule has 0 saturated heterocycles. The average molecular weight is 524 g/mol. The van der Waals surface area contributed by atoms with Crippen LogP contribution in [-0.4, -0.2) is 34.8 Å². The molecule has 1 amide bonds. The standard InChI is InChI=1S/C27H21Cl3N4O/c1-33-16-31-14-24(33)27(30,18-6-9-20(28)10-7-18)19-8-11-23-22(13-19)26(32-15-25(35)34(23)2)17-4-3-5-21(29)12-17/h3-14,16H,15H2,1-2H3. The van der Waals surface area contributed by atoms with E-state index in [4.69, 9.17) is 34.8 Å². The summed E-state index contributed by atoms with van der Waals surface area (Å²) in [6, 6.07) is 20.8. The number of aliphatic imine (C=N–C) groups is 1. The molecular formula is C27H21Cl3N4O. The monoisotopic (exact) mass is 522 g/mol. The number of anilines is 1. The van der Waals surface area contributed by atoms with Gasteiger partial charge in [0.15, 0.2) is 0 Å². The van der Waals surface area contributed by atoms with Crippen LogP contribution in [0.4, 0.5) is 5.69 Å². The van der Waals surface area contributed by atoms with Crippen molar-refractivity contribution in [2.75, 3.05) is 18.5 Å². The molecule has 0 aliphatic carbocycles. The number of aryl methyl sites for hydroxylation is 1. The molecule has 1 atom stereocenters. The lowest BCUT2D eigenvalue weighted by Gasteiger charge is -2.30. The van der Waals surface area contributed by atoms with Gasteiger partial charge in [0.25, 0.3) is 0 Å². The molecule has 4 aromatic rings. The SMILES string of the molecule is CN1C(=O)CN=C(c2cccc(Cl)c2)c2cc(C(Cl)(c3ccc(Cl)cc3)c3cncn3C)ccc21. The van der Waals surface area contributed by atoms with Crippen LogP contribution < -0.4 is 4.90 Å². The van der Waals surface area contributed by atoms with Crippen LogP contribution in [0.5, 0.6) is 0 Å². The van der Waals surface area contributed by atoms with Crippen molar-refractivity contribution >= 4 is 52.1 Å². The number of carbonyl (C=O) groups excluding carboxylic acids is 1. The first kappa shape index (κ1) is 23.6. The highest BCUT2D eigenvalue weighted by Gasteiger charge is 2.38. The topological polar surface area (TPSA) is 50.5 Å². The number of benzene rings is 3. The fourth-order valence-corrected chi connectivity index (χ4v) is 5.16. The van der Waals surface area contributed by atoms with E-state index in [0.29, 0.717) is 15.8 Å². The molecule has 0 spiro atoms. The lowest BCUT2D eigenvalue weighted by Crippen LogP contribution is -2.29. The van der Waals surface area contributed by atoms with Crippen molar-refractivity contribution in [3.63, 3.8) is 0 Å². The van der Waals surface area contributed by atoms with E-state index in [0.717, 1.165) is 33.6 Å². The van der Waals surface area contributed by atoms with E-state index in [2.05, 4.69) is 9.98 Å². The Bertz CT molecular complexity index is 1460. The number of hydrogen-bond donors (Lipinski definition) is 0. The van der Waals surface area contributed by atoms with Crippen LogP contribution in [0.2, 0.25) is 10.0 Å². The van der Waals surface area contributed by atoms with Gasteiger partial charge in [-0.3, -0.25) is 9.79 Å². The Balaban J connectivity index is 1.77. The van der Waals surface area contributed by atoms with Gasteiger partial charge >= 0.3 is 0 Å². The Hall–Kier alpha value is -3.12. The van der Waals surface area contributed by atoms with Crippen molar-refractivity contribution in [1.82, 2.24) is 9.55 Å². The number of halogens is 3. The largest absolute Gasteiger partial charge is 0.336 e. The summed E-state index contributed by atoms with van der Waals surface area (Å²) in [5, 5.41) is 1.21. The number of hydrogen-bond acceptors (Lipinski definition) is 3. The third-order valence-electron chi connectivity index (χ3n) is 6.27. The number of likely N-dealkylation sites (N-methyl/N-ethyl adjacent to an activating group) is 1. The lowest BCUT2D eigenvalue weighted by molar-refractivity contribution is -0.116. The molecule has 0 fully saturated rings. The number of amides is 1. The second-order valence-electron chi connectivity index (χ2n) is 8.42. The van der Waals surface area contributed by atoms with Crippen LogP contribution in [0, 0.1) is 0 Å². The first-order chi connectivity index (χ1) is 16.8. The molecule has 3 aromatic carbocycles. The van der Waals surface area contributed by atoms with E-state index in [1.54, 1.807) is 24.5 Å². The predicted molar refractivity (Wildman–Crippen MR) is 142 cm³/mol. The summed E-state index contributed by atoms with van der Waals surface area (Å²) in [4.78, 5) is 22.3. The van der Waals surface area contributed by atoms with E-state index in [9.17, 15) is 4.79 Å². The summed E-state index contributed by atoms with van der Waals surface area (Å²) in [5.41, 5.74) is 5.48. The summed E-state index contributed by atoms with van der Waals surface area (Å²) in [6.45, 7) is 0.0350. The Kier molecular flexibility index (Phi) is 6.18. The van der Waals surface area contributed by atoms with Crippen molar-refractivity contribution in [1.29, 1.82) is 0 Å². The van der Waals surface area contributed by atoms with E-state index in [-0.39, 0.29) is 12.5 Å². The van der Waals surface area contributed by atoms with E-state index in [1.807, 2.05) is 78.3 Å². The van der Waals surface area contributed by atoms with Gasteiger partial charge in [-0.15, -0.1) is 11.6 Å². The predicted octanol–water partition coefficient (Wildman–Crippen LogP) is 6.07. The van der Waals surface area contributed by atoms with Gasteiger partial charge in [-0.1, -0.05) is 53.5 Å². The van der Waals surface area contributed by atoms with Gasteiger partial charge in [0.2, 0.25) is 5.91 Å². The molecule has 176 valence electrons. The van der Waals surface area contributed by atoms with E-state index in [1.165, 1.54) is 0 Å². The second kappa shape index (κ2) is 9.15. The smallest absolute Gasteiger partial charge is 0.248 e. The number of imidazole rings is 1. The quantitative estimate of drug-likeness (QED) is 0.305. The molecule has 35 heavy (non-hydrogen) atoms. The van der Waals surface area contributed by atoms with Gasteiger partial charge in [-0.2, -0.15) is 0 Å². The molecule has 0 N–H and O–H groups in total. The van der Waals surface area contributed by atoms with Gasteiger partial charge in [0.1, 0.15) is 11.4 Å². The summed E-state index contributed by atoms with van der Waals surface area (Å²) in [5.74, 6) is -0.0995. The van der Waals surface area contributed by atoms with Crippen molar-refractivity contribution < 1.29 is 4.79 Å². The van der Waals surface area contributed by atoms with Gasteiger partial charge in [0.05, 0.1) is 29.6 Å². The van der Waals surface area contributed by atoms with Gasteiger partial charge in [0, 0.05) is 35.3 Å². The van der Waals surface area contributed by atoms with Crippen LogP contribution in [0.25, 0.3) is 0 Å². The van der Waals surface area contributed by atoms with Crippen LogP contribution in [0.1, 0.15) is 27.9 Å².